The molecule has 7 heteroatoms. The SMILES string of the molecule is CCCN1C(c2cccc(C)c2)=NS(=O)(=O)c2cc(NC(=O)c3ccccc3C)ccc21. The number of nitrogens with zero attached hydrogens (tertiary/aromatic N) is 2. The van der Waals surface area contributed by atoms with E-state index in [1.54, 1.807) is 24.3 Å². The lowest BCUT2D eigenvalue weighted by Gasteiger charge is -2.31. The Morgan fingerprint density at radius 1 is 1.00 bits per heavy atom. The molecule has 6 nitrogen and oxygen atoms in total. The largest absolute Gasteiger partial charge is 0.324 e. The van der Waals surface area contributed by atoms with Gasteiger partial charge in [-0.1, -0.05) is 48.9 Å². The zero-order chi connectivity index (χ0) is 22.9. The molecule has 1 heterocycles. The van der Waals surface area contributed by atoms with Gasteiger partial charge in [-0.15, -0.1) is 4.40 Å². The van der Waals surface area contributed by atoms with Crippen LogP contribution in [0.15, 0.2) is 76.0 Å². The van der Waals surface area contributed by atoms with E-state index in [1.807, 2.05) is 62.1 Å². The van der Waals surface area contributed by atoms with E-state index in [2.05, 4.69) is 9.71 Å². The van der Waals surface area contributed by atoms with Crippen LogP contribution in [-0.4, -0.2) is 26.7 Å². The van der Waals surface area contributed by atoms with Crippen molar-refractivity contribution in [2.45, 2.75) is 32.1 Å². The quantitative estimate of drug-likeness (QED) is 0.602. The second-order valence-electron chi connectivity index (χ2n) is 7.86. The minimum absolute atomic E-state index is 0.0879. The van der Waals surface area contributed by atoms with Gasteiger partial charge in [-0.05, 0) is 56.2 Å². The molecule has 0 saturated heterocycles. The van der Waals surface area contributed by atoms with E-state index < -0.39 is 10.0 Å². The molecule has 3 aromatic rings. The van der Waals surface area contributed by atoms with Crippen molar-refractivity contribution in [1.82, 2.24) is 0 Å². The Bertz CT molecular complexity index is 1330. The summed E-state index contributed by atoms with van der Waals surface area (Å²) in [5.74, 6) is 0.130. The third kappa shape index (κ3) is 4.16. The highest BCUT2D eigenvalue weighted by Gasteiger charge is 2.31. The zero-order valence-electron chi connectivity index (χ0n) is 18.3. The van der Waals surface area contributed by atoms with Gasteiger partial charge in [-0.2, -0.15) is 8.42 Å². The Kier molecular flexibility index (Phi) is 5.84. The molecule has 32 heavy (non-hydrogen) atoms. The average Bonchev–Trinajstić information content (AvgIpc) is 2.76. The number of aryl methyl sites for hydroxylation is 2. The second-order valence-corrected chi connectivity index (χ2v) is 9.44. The number of nitrogens with one attached hydrogen (secondary N) is 1. The lowest BCUT2D eigenvalue weighted by atomic mass is 10.1. The summed E-state index contributed by atoms with van der Waals surface area (Å²) in [6.45, 7) is 6.47. The highest BCUT2D eigenvalue weighted by molar-refractivity contribution is 7.90. The summed E-state index contributed by atoms with van der Waals surface area (Å²) >= 11 is 0. The number of amidine groups is 1. The van der Waals surface area contributed by atoms with Gasteiger partial charge in [0.1, 0.15) is 4.90 Å². The second kappa shape index (κ2) is 8.59. The van der Waals surface area contributed by atoms with Gasteiger partial charge in [-0.25, -0.2) is 0 Å². The fourth-order valence-corrected chi connectivity index (χ4v) is 5.07. The standard InChI is InChI=1S/C25H25N3O3S/c1-4-14-28-22-13-12-20(26-25(29)21-11-6-5-9-18(21)3)16-23(22)32(30,31)27-24(28)19-10-7-8-17(2)15-19/h5-13,15-16H,4,14H2,1-3H3,(H,26,29). The summed E-state index contributed by atoms with van der Waals surface area (Å²) in [6.07, 6.45) is 0.816. The van der Waals surface area contributed by atoms with Gasteiger partial charge in [0.15, 0.2) is 5.84 Å². The van der Waals surface area contributed by atoms with Gasteiger partial charge in [-0.3, -0.25) is 4.79 Å². The predicted octanol–water partition coefficient (Wildman–Crippen LogP) is 4.92. The van der Waals surface area contributed by atoms with Crippen molar-refractivity contribution in [3.63, 3.8) is 0 Å². The van der Waals surface area contributed by atoms with Gasteiger partial charge in [0, 0.05) is 23.4 Å². The van der Waals surface area contributed by atoms with Crippen LogP contribution in [0.4, 0.5) is 11.4 Å². The van der Waals surface area contributed by atoms with E-state index in [1.165, 1.54) is 6.07 Å². The Labute approximate surface area is 188 Å². The summed E-state index contributed by atoms with van der Waals surface area (Å²) in [5, 5.41) is 2.81. The first-order valence-electron chi connectivity index (χ1n) is 10.5. The Hall–Kier alpha value is -3.45. The summed E-state index contributed by atoms with van der Waals surface area (Å²) in [4.78, 5) is 14.7. The Morgan fingerprint density at radius 3 is 2.50 bits per heavy atom. The third-order valence-electron chi connectivity index (χ3n) is 5.36. The summed E-state index contributed by atoms with van der Waals surface area (Å²) < 4.78 is 30.4. The van der Waals surface area contributed by atoms with E-state index in [-0.39, 0.29) is 10.8 Å². The number of benzene rings is 3. The first-order valence-corrected chi connectivity index (χ1v) is 11.9. The molecule has 1 aliphatic rings. The fourth-order valence-electron chi connectivity index (χ4n) is 3.82. The van der Waals surface area contributed by atoms with Crippen LogP contribution in [-0.2, 0) is 10.0 Å². The van der Waals surface area contributed by atoms with Gasteiger partial charge in [0.05, 0.1) is 5.69 Å². The molecule has 1 amide bonds. The lowest BCUT2D eigenvalue weighted by molar-refractivity contribution is 0.102. The van der Waals surface area contributed by atoms with Crippen molar-refractivity contribution in [2.24, 2.45) is 4.40 Å². The first-order chi connectivity index (χ1) is 15.3. The molecule has 0 aliphatic carbocycles. The van der Waals surface area contributed by atoms with Crippen molar-refractivity contribution in [1.29, 1.82) is 0 Å². The summed E-state index contributed by atoms with van der Waals surface area (Å²) in [7, 11) is -3.94. The number of amides is 1. The van der Waals surface area contributed by atoms with E-state index >= 15 is 0 Å². The highest BCUT2D eigenvalue weighted by Crippen LogP contribution is 2.35. The molecule has 0 spiro atoms. The number of carbonyl (C=O) groups excluding carboxylic acids is 1. The molecule has 0 radical (unpaired) electrons. The molecule has 164 valence electrons. The van der Waals surface area contributed by atoms with Gasteiger partial charge in [0.2, 0.25) is 0 Å². The minimum atomic E-state index is -3.94. The molecule has 0 unspecified atom stereocenters. The Balaban J connectivity index is 1.75. The topological polar surface area (TPSA) is 78.8 Å². The van der Waals surface area contributed by atoms with Crippen molar-refractivity contribution >= 4 is 33.1 Å². The first kappa shape index (κ1) is 21.8. The molecule has 0 atom stereocenters. The number of rotatable bonds is 5. The third-order valence-corrected chi connectivity index (χ3v) is 6.66. The van der Waals surface area contributed by atoms with Crippen molar-refractivity contribution in [3.8, 4) is 0 Å². The number of sulfonamides is 1. The van der Waals surface area contributed by atoms with Crippen LogP contribution in [0.25, 0.3) is 0 Å². The van der Waals surface area contributed by atoms with Gasteiger partial charge >= 0.3 is 0 Å². The van der Waals surface area contributed by atoms with Crippen molar-refractivity contribution in [3.05, 3.63) is 89.0 Å². The summed E-state index contributed by atoms with van der Waals surface area (Å²) in [6, 6.07) is 19.9. The summed E-state index contributed by atoms with van der Waals surface area (Å²) in [5.41, 5.74) is 4.14. The van der Waals surface area contributed by atoms with Gasteiger partial charge < -0.3 is 10.2 Å². The Morgan fingerprint density at radius 2 is 1.78 bits per heavy atom. The normalized spacial score (nSPS) is 14.5. The maximum Gasteiger partial charge on any atom is 0.286 e. The number of carbonyl (C=O) groups is 1. The number of fused-ring (bicyclic) bond motifs is 1. The zero-order valence-corrected chi connectivity index (χ0v) is 19.1. The van der Waals surface area contributed by atoms with E-state index in [9.17, 15) is 13.2 Å². The molecule has 1 aliphatic heterocycles. The molecule has 1 N–H and O–H groups in total. The minimum Gasteiger partial charge on any atom is -0.324 e. The van der Waals surface area contributed by atoms with Crippen LogP contribution < -0.4 is 10.2 Å². The maximum absolute atomic E-state index is 13.1. The molecule has 3 aromatic carbocycles. The smallest absolute Gasteiger partial charge is 0.286 e. The van der Waals surface area contributed by atoms with Crippen LogP contribution in [0.2, 0.25) is 0 Å². The van der Waals surface area contributed by atoms with Crippen LogP contribution in [0.5, 0.6) is 0 Å². The number of hydrogen-bond acceptors (Lipinski definition) is 4. The lowest BCUT2D eigenvalue weighted by Crippen LogP contribution is -2.37. The molecule has 0 aromatic heterocycles. The number of anilines is 2. The van der Waals surface area contributed by atoms with Crippen LogP contribution in [0, 0.1) is 13.8 Å². The maximum atomic E-state index is 13.1. The fraction of sp³-hybridized carbons (Fsp3) is 0.200. The molecule has 4 rings (SSSR count). The monoisotopic (exact) mass is 447 g/mol. The highest BCUT2D eigenvalue weighted by atomic mass is 32.2. The van der Waals surface area contributed by atoms with E-state index in [0.29, 0.717) is 29.3 Å². The van der Waals surface area contributed by atoms with Crippen LogP contribution in [0.3, 0.4) is 0 Å². The van der Waals surface area contributed by atoms with Crippen molar-refractivity contribution in [2.75, 3.05) is 16.8 Å². The molecule has 0 bridgehead atoms. The average molecular weight is 448 g/mol. The van der Waals surface area contributed by atoms with Gasteiger partial charge in [0.25, 0.3) is 15.9 Å². The van der Waals surface area contributed by atoms with Crippen LogP contribution in [0.1, 0.15) is 40.4 Å². The van der Waals surface area contributed by atoms with E-state index in [4.69, 9.17) is 0 Å². The predicted molar refractivity (Wildman–Crippen MR) is 128 cm³/mol. The van der Waals surface area contributed by atoms with Crippen molar-refractivity contribution < 1.29 is 13.2 Å². The molecular formula is C25H25N3O3S. The molecule has 0 saturated carbocycles. The van der Waals surface area contributed by atoms with Crippen LogP contribution >= 0.6 is 0 Å². The molecular weight excluding hydrogens is 422 g/mol. The van der Waals surface area contributed by atoms with E-state index in [0.717, 1.165) is 23.1 Å². The number of hydrogen-bond donors (Lipinski definition) is 1. The molecule has 0 fully saturated rings.